The highest BCUT2D eigenvalue weighted by molar-refractivity contribution is 5.62. The fourth-order valence-electron chi connectivity index (χ4n) is 5.00. The van der Waals surface area contributed by atoms with Crippen molar-refractivity contribution >= 4 is 0 Å². The van der Waals surface area contributed by atoms with Crippen LogP contribution in [0.25, 0.3) is 17.1 Å². The third kappa shape index (κ3) is 5.29. The largest absolute Gasteiger partial charge is 0.299 e. The lowest BCUT2D eigenvalue weighted by molar-refractivity contribution is 0.446. The molecule has 1 aromatic heterocycles. The fraction of sp³-hybridized carbons (Fsp3) is 0.483. The molecule has 0 aliphatic heterocycles. The van der Waals surface area contributed by atoms with Crippen LogP contribution >= 0.6 is 0 Å². The van der Waals surface area contributed by atoms with Crippen molar-refractivity contribution < 1.29 is 0 Å². The van der Waals surface area contributed by atoms with Crippen LogP contribution in [0.2, 0.25) is 0 Å². The quantitative estimate of drug-likeness (QED) is 0.305. The molecule has 0 spiro atoms. The molecule has 2 nitrogen and oxygen atoms in total. The average molecular weight is 417 g/mol. The summed E-state index contributed by atoms with van der Waals surface area (Å²) in [4.78, 5) is 4.80. The molecule has 0 saturated carbocycles. The predicted octanol–water partition coefficient (Wildman–Crippen LogP) is 8.76. The van der Waals surface area contributed by atoms with E-state index in [1.54, 1.807) is 0 Å². The lowest BCUT2D eigenvalue weighted by Gasteiger charge is -2.28. The van der Waals surface area contributed by atoms with Gasteiger partial charge < -0.3 is 0 Å². The van der Waals surface area contributed by atoms with Gasteiger partial charge in [-0.15, -0.1) is 0 Å². The molecule has 0 fully saturated rings. The molecule has 2 heteroatoms. The minimum Gasteiger partial charge on any atom is -0.299 e. The number of hydrogen-bond donors (Lipinski definition) is 0. The molecule has 0 aliphatic rings. The summed E-state index contributed by atoms with van der Waals surface area (Å²) in [5, 5.41) is 0. The number of nitrogens with zero attached hydrogens (tertiary/aromatic N) is 2. The van der Waals surface area contributed by atoms with E-state index >= 15 is 0 Å². The number of para-hydroxylation sites is 1. The first-order chi connectivity index (χ1) is 15.1. The molecule has 0 bridgehead atoms. The highest BCUT2D eigenvalue weighted by Crippen LogP contribution is 2.39. The zero-order valence-electron chi connectivity index (χ0n) is 20.1. The van der Waals surface area contributed by atoms with E-state index in [4.69, 9.17) is 4.98 Å². The molecule has 31 heavy (non-hydrogen) atoms. The zero-order chi connectivity index (χ0) is 22.2. The van der Waals surface area contributed by atoms with E-state index < -0.39 is 0 Å². The van der Waals surface area contributed by atoms with Crippen LogP contribution in [0.1, 0.15) is 96.1 Å². The molecule has 2 atom stereocenters. The van der Waals surface area contributed by atoms with E-state index in [1.807, 2.05) is 6.20 Å². The highest BCUT2D eigenvalue weighted by Gasteiger charge is 2.24. The Hall–Kier alpha value is -2.35. The maximum atomic E-state index is 4.80. The molecule has 2 aromatic carbocycles. The Bertz CT molecular complexity index is 919. The molecule has 0 radical (unpaired) electrons. The van der Waals surface area contributed by atoms with Crippen LogP contribution in [0.5, 0.6) is 0 Å². The SMILES string of the molecule is CCCC(CCC)c1cccc(C(C)C(C)CCC)c1-n1ccnc1-c1ccccc1. The molecule has 2 unspecified atom stereocenters. The van der Waals surface area contributed by atoms with Crippen LogP contribution in [0.4, 0.5) is 0 Å². The average Bonchev–Trinajstić information content (AvgIpc) is 3.28. The lowest BCUT2D eigenvalue weighted by atomic mass is 9.81. The Kier molecular flexibility index (Phi) is 8.51. The van der Waals surface area contributed by atoms with Gasteiger partial charge >= 0.3 is 0 Å². The van der Waals surface area contributed by atoms with Crippen LogP contribution < -0.4 is 0 Å². The number of benzene rings is 2. The molecular formula is C29H40N2. The van der Waals surface area contributed by atoms with E-state index in [0.717, 1.165) is 5.82 Å². The van der Waals surface area contributed by atoms with Gasteiger partial charge in [-0.25, -0.2) is 4.98 Å². The lowest BCUT2D eigenvalue weighted by Crippen LogP contribution is -2.14. The monoisotopic (exact) mass is 416 g/mol. The van der Waals surface area contributed by atoms with Crippen LogP contribution in [-0.4, -0.2) is 9.55 Å². The maximum Gasteiger partial charge on any atom is 0.144 e. The normalized spacial score (nSPS) is 13.5. The molecule has 0 N–H and O–H groups in total. The predicted molar refractivity (Wildman–Crippen MR) is 134 cm³/mol. The van der Waals surface area contributed by atoms with Gasteiger partial charge in [-0.1, -0.05) is 109 Å². The van der Waals surface area contributed by atoms with Gasteiger partial charge in [0.05, 0.1) is 5.69 Å². The number of aromatic nitrogens is 2. The minimum absolute atomic E-state index is 0.504. The van der Waals surface area contributed by atoms with E-state index in [2.05, 4.69) is 93.9 Å². The number of hydrogen-bond acceptors (Lipinski definition) is 1. The van der Waals surface area contributed by atoms with E-state index in [-0.39, 0.29) is 0 Å². The van der Waals surface area contributed by atoms with Crippen LogP contribution in [0, 0.1) is 5.92 Å². The summed E-state index contributed by atoms with van der Waals surface area (Å²) in [5.41, 5.74) is 5.50. The van der Waals surface area contributed by atoms with Crippen molar-refractivity contribution in [2.75, 3.05) is 0 Å². The highest BCUT2D eigenvalue weighted by atomic mass is 15.1. The van der Waals surface area contributed by atoms with Gasteiger partial charge in [0, 0.05) is 18.0 Å². The Labute approximate surface area is 189 Å². The molecule has 0 aliphatic carbocycles. The van der Waals surface area contributed by atoms with Crippen molar-refractivity contribution in [1.29, 1.82) is 0 Å². The van der Waals surface area contributed by atoms with Gasteiger partial charge in [-0.05, 0) is 41.7 Å². The molecule has 166 valence electrons. The van der Waals surface area contributed by atoms with Gasteiger partial charge in [0.15, 0.2) is 0 Å². The van der Waals surface area contributed by atoms with Gasteiger partial charge in [0.1, 0.15) is 5.82 Å². The maximum absolute atomic E-state index is 4.80. The molecule has 1 heterocycles. The second kappa shape index (κ2) is 11.3. The van der Waals surface area contributed by atoms with E-state index in [9.17, 15) is 0 Å². The summed E-state index contributed by atoms with van der Waals surface area (Å²) < 4.78 is 2.37. The van der Waals surface area contributed by atoms with Crippen molar-refractivity contribution in [2.24, 2.45) is 5.92 Å². The number of rotatable bonds is 11. The summed E-state index contributed by atoms with van der Waals surface area (Å²) in [6, 6.07) is 17.6. The first kappa shape index (κ1) is 23.3. The van der Waals surface area contributed by atoms with Gasteiger partial charge in [-0.3, -0.25) is 4.57 Å². The Balaban J connectivity index is 2.22. The summed E-state index contributed by atoms with van der Waals surface area (Å²) in [5.74, 6) is 2.78. The van der Waals surface area contributed by atoms with E-state index in [0.29, 0.717) is 17.8 Å². The Morgan fingerprint density at radius 2 is 1.42 bits per heavy atom. The van der Waals surface area contributed by atoms with Crippen molar-refractivity contribution in [3.63, 3.8) is 0 Å². The second-order valence-corrected chi connectivity index (χ2v) is 9.10. The minimum atomic E-state index is 0.504. The second-order valence-electron chi connectivity index (χ2n) is 9.10. The Morgan fingerprint density at radius 3 is 2.06 bits per heavy atom. The van der Waals surface area contributed by atoms with Gasteiger partial charge in [-0.2, -0.15) is 0 Å². The van der Waals surface area contributed by atoms with Gasteiger partial charge in [0.25, 0.3) is 0 Å². The standard InChI is InChI=1S/C29H40N2/c1-6-13-22(4)23(5)26-18-12-19-27(24(14-7-2)15-8-3)28(26)31-21-20-30-29(31)25-16-10-9-11-17-25/h9-12,16-24H,6-8,13-15H2,1-5H3. The molecule has 3 rings (SSSR count). The van der Waals surface area contributed by atoms with Crippen LogP contribution in [0.15, 0.2) is 60.9 Å². The molecule has 0 amide bonds. The summed E-state index contributed by atoms with van der Waals surface area (Å²) in [6.45, 7) is 11.7. The zero-order valence-corrected chi connectivity index (χ0v) is 20.1. The van der Waals surface area contributed by atoms with E-state index in [1.165, 1.54) is 60.9 Å². The first-order valence-electron chi connectivity index (χ1n) is 12.3. The summed E-state index contributed by atoms with van der Waals surface area (Å²) in [6.07, 6.45) is 11.5. The van der Waals surface area contributed by atoms with Crippen LogP contribution in [-0.2, 0) is 0 Å². The third-order valence-electron chi connectivity index (χ3n) is 6.81. The number of imidazole rings is 1. The van der Waals surface area contributed by atoms with Crippen molar-refractivity contribution in [3.8, 4) is 17.1 Å². The summed E-state index contributed by atoms with van der Waals surface area (Å²) in [7, 11) is 0. The van der Waals surface area contributed by atoms with Crippen molar-refractivity contribution in [3.05, 3.63) is 72.1 Å². The first-order valence-corrected chi connectivity index (χ1v) is 12.3. The van der Waals surface area contributed by atoms with Crippen LogP contribution in [0.3, 0.4) is 0 Å². The fourth-order valence-corrected chi connectivity index (χ4v) is 5.00. The molecular weight excluding hydrogens is 376 g/mol. The van der Waals surface area contributed by atoms with Gasteiger partial charge in [0.2, 0.25) is 0 Å². The smallest absolute Gasteiger partial charge is 0.144 e. The molecule has 3 aromatic rings. The van der Waals surface area contributed by atoms with Crippen molar-refractivity contribution in [2.45, 2.75) is 85.0 Å². The molecule has 0 saturated heterocycles. The Morgan fingerprint density at radius 1 is 0.774 bits per heavy atom. The topological polar surface area (TPSA) is 17.8 Å². The summed E-state index contributed by atoms with van der Waals surface area (Å²) >= 11 is 0. The third-order valence-corrected chi connectivity index (χ3v) is 6.81. The van der Waals surface area contributed by atoms with Crippen molar-refractivity contribution in [1.82, 2.24) is 9.55 Å².